The van der Waals surface area contributed by atoms with Gasteiger partial charge in [-0.2, -0.15) is 0 Å². The fraction of sp³-hybridized carbons (Fsp3) is 0.400. The molecular formula is C15H18N2O4S2. The van der Waals surface area contributed by atoms with Gasteiger partial charge in [0.1, 0.15) is 5.01 Å². The number of thiazole rings is 1. The second-order valence-corrected chi connectivity index (χ2v) is 7.22. The van der Waals surface area contributed by atoms with Crippen LogP contribution in [0.3, 0.4) is 0 Å². The van der Waals surface area contributed by atoms with E-state index in [1.54, 1.807) is 18.3 Å². The minimum absolute atomic E-state index is 0.112. The summed E-state index contributed by atoms with van der Waals surface area (Å²) < 4.78 is 5.02. The molecule has 0 aliphatic carbocycles. The number of amides is 1. The lowest BCUT2D eigenvalue weighted by molar-refractivity contribution is -0.139. The first-order valence-corrected chi connectivity index (χ1v) is 8.68. The molecule has 0 saturated carbocycles. The summed E-state index contributed by atoms with van der Waals surface area (Å²) in [6.07, 6.45) is -0.0924. The maximum absolute atomic E-state index is 12.2. The van der Waals surface area contributed by atoms with Crippen LogP contribution in [0.2, 0.25) is 0 Å². The van der Waals surface area contributed by atoms with Crippen LogP contribution < -0.4 is 5.32 Å². The maximum Gasteiger partial charge on any atom is 0.305 e. The first-order valence-electron chi connectivity index (χ1n) is 6.92. The summed E-state index contributed by atoms with van der Waals surface area (Å²) in [5, 5.41) is 16.4. The number of carboxylic acids is 1. The first-order chi connectivity index (χ1) is 10.9. The fourth-order valence-corrected chi connectivity index (χ4v) is 3.86. The Morgan fingerprint density at radius 3 is 2.83 bits per heavy atom. The lowest BCUT2D eigenvalue weighted by Crippen LogP contribution is -2.51. The van der Waals surface area contributed by atoms with Crippen LogP contribution in [-0.2, 0) is 20.7 Å². The molecular weight excluding hydrogens is 336 g/mol. The second-order valence-electron chi connectivity index (χ2n) is 5.41. The molecule has 2 heterocycles. The van der Waals surface area contributed by atoms with E-state index in [1.165, 1.54) is 18.4 Å². The molecule has 0 fully saturated rings. The maximum atomic E-state index is 12.2. The molecule has 0 aromatic carbocycles. The molecule has 2 aromatic rings. The molecule has 1 atom stereocenters. The van der Waals surface area contributed by atoms with Gasteiger partial charge < -0.3 is 15.2 Å². The minimum atomic E-state index is -0.988. The van der Waals surface area contributed by atoms with E-state index >= 15 is 0 Å². The summed E-state index contributed by atoms with van der Waals surface area (Å²) in [4.78, 5) is 28.7. The quantitative estimate of drug-likeness (QED) is 0.760. The highest BCUT2D eigenvalue weighted by atomic mass is 32.1. The van der Waals surface area contributed by atoms with E-state index in [1.807, 2.05) is 22.9 Å². The summed E-state index contributed by atoms with van der Waals surface area (Å²) in [6.45, 7) is 1.78. The van der Waals surface area contributed by atoms with Crippen molar-refractivity contribution in [3.8, 4) is 9.88 Å². The molecule has 0 spiro atoms. The Kier molecular flexibility index (Phi) is 5.86. The summed E-state index contributed by atoms with van der Waals surface area (Å²) in [5.74, 6) is -1.26. The van der Waals surface area contributed by atoms with Crippen molar-refractivity contribution in [3.05, 3.63) is 28.6 Å². The van der Waals surface area contributed by atoms with E-state index in [9.17, 15) is 9.59 Å². The number of hydrogen-bond donors (Lipinski definition) is 2. The van der Waals surface area contributed by atoms with Crippen molar-refractivity contribution in [1.82, 2.24) is 10.3 Å². The number of rotatable bonds is 8. The summed E-state index contributed by atoms with van der Waals surface area (Å²) >= 11 is 3.09. The smallest absolute Gasteiger partial charge is 0.305 e. The first kappa shape index (κ1) is 17.6. The number of nitrogens with one attached hydrogen (secondary N) is 1. The number of carbonyl (C=O) groups is 2. The average molecular weight is 354 g/mol. The number of hydrogen-bond acceptors (Lipinski definition) is 6. The van der Waals surface area contributed by atoms with Crippen LogP contribution in [0.1, 0.15) is 19.0 Å². The van der Waals surface area contributed by atoms with Gasteiger partial charge in [0.05, 0.1) is 35.6 Å². The number of thiophene rings is 1. The lowest BCUT2D eigenvalue weighted by atomic mass is 9.98. The van der Waals surface area contributed by atoms with Crippen molar-refractivity contribution in [1.29, 1.82) is 0 Å². The highest BCUT2D eigenvalue weighted by Crippen LogP contribution is 2.27. The molecule has 8 heteroatoms. The van der Waals surface area contributed by atoms with Gasteiger partial charge in [0.25, 0.3) is 0 Å². The third kappa shape index (κ3) is 5.12. The van der Waals surface area contributed by atoms with Crippen molar-refractivity contribution in [3.63, 3.8) is 0 Å². The molecule has 2 N–H and O–H groups in total. The van der Waals surface area contributed by atoms with E-state index in [-0.39, 0.29) is 25.4 Å². The highest BCUT2D eigenvalue weighted by molar-refractivity contribution is 7.20. The minimum Gasteiger partial charge on any atom is -0.481 e. The van der Waals surface area contributed by atoms with Crippen molar-refractivity contribution >= 4 is 34.6 Å². The molecule has 0 aliphatic heterocycles. The third-order valence-electron chi connectivity index (χ3n) is 3.07. The molecule has 0 aliphatic rings. The van der Waals surface area contributed by atoms with E-state index in [0.29, 0.717) is 5.69 Å². The number of carbonyl (C=O) groups excluding carboxylic acids is 1. The second kappa shape index (κ2) is 7.67. The van der Waals surface area contributed by atoms with Gasteiger partial charge in [0.2, 0.25) is 5.91 Å². The molecule has 0 saturated heterocycles. The molecule has 0 radical (unpaired) electrons. The van der Waals surface area contributed by atoms with Crippen molar-refractivity contribution in [2.24, 2.45) is 0 Å². The summed E-state index contributed by atoms with van der Waals surface area (Å²) in [7, 11) is 1.47. The van der Waals surface area contributed by atoms with Gasteiger partial charge in [-0.1, -0.05) is 6.07 Å². The number of carboxylic acid groups (broad SMARTS) is 1. The van der Waals surface area contributed by atoms with E-state index < -0.39 is 11.5 Å². The monoisotopic (exact) mass is 354 g/mol. The van der Waals surface area contributed by atoms with Gasteiger partial charge in [-0.15, -0.1) is 22.7 Å². The normalized spacial score (nSPS) is 13.5. The Balaban J connectivity index is 1.99. The standard InChI is InChI=1S/C15H18N2O4S2/c1-15(9-21-2,7-13(19)20)17-12(18)6-10-8-23-14(16-10)11-4-3-5-22-11/h3-5,8H,6-7,9H2,1-2H3,(H,17,18)(H,19,20). The van der Waals surface area contributed by atoms with E-state index in [0.717, 1.165) is 9.88 Å². The van der Waals surface area contributed by atoms with Crippen molar-refractivity contribution in [2.45, 2.75) is 25.3 Å². The predicted molar refractivity (Wildman–Crippen MR) is 89.8 cm³/mol. The SMILES string of the molecule is COCC(C)(CC(=O)O)NC(=O)Cc1csc(-c2cccs2)n1. The lowest BCUT2D eigenvalue weighted by Gasteiger charge is -2.28. The molecule has 1 unspecified atom stereocenters. The van der Waals surface area contributed by atoms with Crippen LogP contribution in [0.5, 0.6) is 0 Å². The number of aromatic nitrogens is 1. The number of methoxy groups -OCH3 is 1. The Bertz CT molecular complexity index is 669. The van der Waals surface area contributed by atoms with E-state index in [4.69, 9.17) is 9.84 Å². The van der Waals surface area contributed by atoms with Crippen molar-refractivity contribution in [2.75, 3.05) is 13.7 Å². The molecule has 6 nitrogen and oxygen atoms in total. The average Bonchev–Trinajstić information content (AvgIpc) is 3.07. The van der Waals surface area contributed by atoms with Gasteiger partial charge in [0.15, 0.2) is 0 Å². The molecule has 2 aromatic heterocycles. The van der Waals surface area contributed by atoms with Crippen LogP contribution in [0.4, 0.5) is 0 Å². The zero-order valence-electron chi connectivity index (χ0n) is 12.9. The molecule has 23 heavy (non-hydrogen) atoms. The third-order valence-corrected chi connectivity index (χ3v) is 5.00. The topological polar surface area (TPSA) is 88.5 Å². The Labute approximate surface area is 142 Å². The Hall–Kier alpha value is -1.77. The van der Waals surface area contributed by atoms with Gasteiger partial charge >= 0.3 is 5.97 Å². The number of aliphatic carboxylic acids is 1. The van der Waals surface area contributed by atoms with Gasteiger partial charge in [0, 0.05) is 12.5 Å². The summed E-state index contributed by atoms with van der Waals surface area (Å²) in [6, 6.07) is 3.94. The van der Waals surface area contributed by atoms with Crippen LogP contribution in [0.15, 0.2) is 22.9 Å². The molecule has 124 valence electrons. The van der Waals surface area contributed by atoms with Gasteiger partial charge in [-0.25, -0.2) is 4.98 Å². The molecule has 0 bridgehead atoms. The highest BCUT2D eigenvalue weighted by Gasteiger charge is 2.29. The van der Waals surface area contributed by atoms with Crippen LogP contribution in [0.25, 0.3) is 9.88 Å². The van der Waals surface area contributed by atoms with Crippen molar-refractivity contribution < 1.29 is 19.4 Å². The van der Waals surface area contributed by atoms with Crippen LogP contribution >= 0.6 is 22.7 Å². The molecule has 1 amide bonds. The number of nitrogens with zero attached hydrogens (tertiary/aromatic N) is 1. The van der Waals surface area contributed by atoms with Crippen LogP contribution in [0, 0.1) is 0 Å². The zero-order valence-corrected chi connectivity index (χ0v) is 14.5. The Morgan fingerprint density at radius 2 is 2.22 bits per heavy atom. The van der Waals surface area contributed by atoms with E-state index in [2.05, 4.69) is 10.3 Å². The van der Waals surface area contributed by atoms with Gasteiger partial charge in [-0.3, -0.25) is 9.59 Å². The predicted octanol–water partition coefficient (Wildman–Crippen LogP) is 2.41. The zero-order chi connectivity index (χ0) is 16.9. The summed E-state index contributed by atoms with van der Waals surface area (Å²) in [5.41, 5.74) is -0.268. The Morgan fingerprint density at radius 1 is 1.43 bits per heavy atom. The number of ether oxygens (including phenoxy) is 1. The molecule has 2 rings (SSSR count). The largest absolute Gasteiger partial charge is 0.481 e. The van der Waals surface area contributed by atoms with Gasteiger partial charge in [-0.05, 0) is 18.4 Å². The fourth-order valence-electron chi connectivity index (χ4n) is 2.23. The van der Waals surface area contributed by atoms with Crippen LogP contribution in [-0.4, -0.2) is 41.2 Å².